The van der Waals surface area contributed by atoms with Crippen LogP contribution in [0.4, 0.5) is 5.82 Å². The molecule has 0 fully saturated rings. The van der Waals surface area contributed by atoms with Crippen molar-refractivity contribution in [1.29, 1.82) is 5.26 Å². The molecule has 124 valence electrons. The van der Waals surface area contributed by atoms with Crippen LogP contribution in [0.5, 0.6) is 0 Å². The summed E-state index contributed by atoms with van der Waals surface area (Å²) in [5.74, 6) is 1.07. The average molecular weight is 393 g/mol. The molecule has 0 bridgehead atoms. The molecule has 5 heteroatoms. The summed E-state index contributed by atoms with van der Waals surface area (Å²) < 4.78 is 3.02. The predicted molar refractivity (Wildman–Crippen MR) is 103 cm³/mol. The molecule has 0 radical (unpaired) electrons. The summed E-state index contributed by atoms with van der Waals surface area (Å²) in [6.07, 6.45) is 3.32. The summed E-state index contributed by atoms with van der Waals surface area (Å²) in [6.45, 7) is 0.951. The number of benzene rings is 2. The second-order valence-electron chi connectivity index (χ2n) is 6.14. The SMILES string of the molecule is N#Cc1ccc(-n2nc(-c3cccc(Br)c3)c3c2NCCCC3)cc1. The first-order valence-electron chi connectivity index (χ1n) is 8.38. The van der Waals surface area contributed by atoms with Gasteiger partial charge in [0, 0.05) is 22.1 Å². The molecule has 0 atom stereocenters. The highest BCUT2D eigenvalue weighted by Gasteiger charge is 2.21. The van der Waals surface area contributed by atoms with E-state index < -0.39 is 0 Å². The molecule has 0 saturated heterocycles. The molecule has 1 aliphatic rings. The number of aromatic nitrogens is 2. The van der Waals surface area contributed by atoms with E-state index in [1.54, 1.807) is 0 Å². The fraction of sp³-hybridized carbons (Fsp3) is 0.200. The largest absolute Gasteiger partial charge is 0.370 e. The van der Waals surface area contributed by atoms with E-state index in [2.05, 4.69) is 39.4 Å². The number of hydrogen-bond acceptors (Lipinski definition) is 3. The topological polar surface area (TPSA) is 53.6 Å². The first-order chi connectivity index (χ1) is 12.3. The molecular formula is C20H17BrN4. The molecule has 2 heterocycles. The minimum atomic E-state index is 0.655. The predicted octanol–water partition coefficient (Wildman–Crippen LogP) is 4.92. The van der Waals surface area contributed by atoms with E-state index in [-0.39, 0.29) is 0 Å². The monoisotopic (exact) mass is 392 g/mol. The molecule has 4 nitrogen and oxygen atoms in total. The van der Waals surface area contributed by atoms with Gasteiger partial charge in [0.05, 0.1) is 23.0 Å². The van der Waals surface area contributed by atoms with E-state index in [1.807, 2.05) is 41.1 Å². The number of fused-ring (bicyclic) bond motifs is 1. The average Bonchev–Trinajstić information content (AvgIpc) is 2.83. The molecule has 3 aromatic rings. The van der Waals surface area contributed by atoms with Crippen LogP contribution >= 0.6 is 15.9 Å². The van der Waals surface area contributed by atoms with Gasteiger partial charge in [-0.1, -0.05) is 28.1 Å². The van der Waals surface area contributed by atoms with Gasteiger partial charge in [-0.05, 0) is 55.7 Å². The van der Waals surface area contributed by atoms with Gasteiger partial charge in [-0.25, -0.2) is 4.68 Å². The molecule has 25 heavy (non-hydrogen) atoms. The first-order valence-corrected chi connectivity index (χ1v) is 9.18. The Morgan fingerprint density at radius 1 is 1.12 bits per heavy atom. The van der Waals surface area contributed by atoms with Crippen molar-refractivity contribution in [2.24, 2.45) is 0 Å². The molecule has 1 N–H and O–H groups in total. The van der Waals surface area contributed by atoms with Crippen LogP contribution in [0.1, 0.15) is 24.0 Å². The Labute approximate surface area is 155 Å². The third-order valence-corrected chi connectivity index (χ3v) is 4.96. The van der Waals surface area contributed by atoms with Gasteiger partial charge < -0.3 is 5.32 Å². The number of nitrogens with zero attached hydrogens (tertiary/aromatic N) is 3. The van der Waals surface area contributed by atoms with Crippen LogP contribution in [-0.4, -0.2) is 16.3 Å². The van der Waals surface area contributed by atoms with Crippen molar-refractivity contribution < 1.29 is 0 Å². The second-order valence-corrected chi connectivity index (χ2v) is 7.06. The Hall–Kier alpha value is -2.58. The smallest absolute Gasteiger partial charge is 0.133 e. The molecule has 2 aromatic carbocycles. The lowest BCUT2D eigenvalue weighted by Crippen LogP contribution is -2.07. The normalized spacial score (nSPS) is 13.4. The van der Waals surface area contributed by atoms with Crippen LogP contribution in [0.15, 0.2) is 53.0 Å². The van der Waals surface area contributed by atoms with Gasteiger partial charge in [-0.2, -0.15) is 10.4 Å². The van der Waals surface area contributed by atoms with E-state index in [0.717, 1.165) is 53.0 Å². The van der Waals surface area contributed by atoms with E-state index in [0.29, 0.717) is 5.56 Å². The Balaban J connectivity index is 1.88. The standard InChI is InChI=1S/C20H17BrN4/c21-16-5-3-4-15(12-16)19-18-6-1-2-11-23-20(18)25(24-19)17-9-7-14(13-22)8-10-17/h3-5,7-10,12,23H,1-2,6,11H2. The minimum Gasteiger partial charge on any atom is -0.370 e. The Kier molecular flexibility index (Phi) is 4.29. The fourth-order valence-electron chi connectivity index (χ4n) is 3.23. The highest BCUT2D eigenvalue weighted by atomic mass is 79.9. The Bertz CT molecular complexity index is 951. The van der Waals surface area contributed by atoms with E-state index >= 15 is 0 Å². The molecular weight excluding hydrogens is 376 g/mol. The quantitative estimate of drug-likeness (QED) is 0.672. The zero-order chi connectivity index (χ0) is 17.2. The van der Waals surface area contributed by atoms with E-state index in [4.69, 9.17) is 10.4 Å². The van der Waals surface area contributed by atoms with Crippen LogP contribution in [0.2, 0.25) is 0 Å². The zero-order valence-electron chi connectivity index (χ0n) is 13.7. The lowest BCUT2D eigenvalue weighted by atomic mass is 10.0. The number of nitriles is 1. The highest BCUT2D eigenvalue weighted by molar-refractivity contribution is 9.10. The van der Waals surface area contributed by atoms with Gasteiger partial charge in [0.1, 0.15) is 5.82 Å². The summed E-state index contributed by atoms with van der Waals surface area (Å²) in [6, 6.07) is 18.0. The van der Waals surface area contributed by atoms with Crippen molar-refractivity contribution in [3.05, 3.63) is 64.1 Å². The summed E-state index contributed by atoms with van der Waals surface area (Å²) in [7, 11) is 0. The number of hydrogen-bond donors (Lipinski definition) is 1. The summed E-state index contributed by atoms with van der Waals surface area (Å²) in [4.78, 5) is 0. The minimum absolute atomic E-state index is 0.655. The molecule has 1 aliphatic heterocycles. The van der Waals surface area contributed by atoms with Crippen LogP contribution in [0, 0.1) is 11.3 Å². The van der Waals surface area contributed by atoms with Crippen LogP contribution in [0.25, 0.3) is 16.9 Å². The van der Waals surface area contributed by atoms with Gasteiger partial charge in [0.2, 0.25) is 0 Å². The van der Waals surface area contributed by atoms with Crippen LogP contribution < -0.4 is 5.32 Å². The fourth-order valence-corrected chi connectivity index (χ4v) is 3.63. The van der Waals surface area contributed by atoms with Crippen LogP contribution in [-0.2, 0) is 6.42 Å². The molecule has 1 aromatic heterocycles. The van der Waals surface area contributed by atoms with Crippen LogP contribution in [0.3, 0.4) is 0 Å². The number of halogens is 1. The van der Waals surface area contributed by atoms with Gasteiger partial charge in [-0.3, -0.25) is 0 Å². The molecule has 0 unspecified atom stereocenters. The highest BCUT2D eigenvalue weighted by Crippen LogP contribution is 2.34. The number of nitrogens with one attached hydrogen (secondary N) is 1. The maximum absolute atomic E-state index is 9.02. The maximum atomic E-state index is 9.02. The molecule has 0 amide bonds. The molecule has 0 saturated carbocycles. The third kappa shape index (κ3) is 3.06. The van der Waals surface area contributed by atoms with Crippen molar-refractivity contribution in [1.82, 2.24) is 9.78 Å². The first kappa shape index (κ1) is 15.9. The van der Waals surface area contributed by atoms with Crippen molar-refractivity contribution >= 4 is 21.7 Å². The summed E-state index contributed by atoms with van der Waals surface area (Å²) in [5, 5.41) is 17.5. The lowest BCUT2D eigenvalue weighted by Gasteiger charge is -2.09. The molecule has 4 rings (SSSR count). The van der Waals surface area contributed by atoms with Crippen molar-refractivity contribution in [2.75, 3.05) is 11.9 Å². The van der Waals surface area contributed by atoms with Gasteiger partial charge in [-0.15, -0.1) is 0 Å². The summed E-state index contributed by atoms with van der Waals surface area (Å²) in [5.41, 5.74) is 5.02. The lowest BCUT2D eigenvalue weighted by molar-refractivity contribution is 0.780. The van der Waals surface area contributed by atoms with Crippen molar-refractivity contribution in [3.8, 4) is 23.0 Å². The molecule has 0 spiro atoms. The number of rotatable bonds is 2. The Morgan fingerprint density at radius 3 is 2.72 bits per heavy atom. The van der Waals surface area contributed by atoms with Crippen molar-refractivity contribution in [2.45, 2.75) is 19.3 Å². The molecule has 0 aliphatic carbocycles. The van der Waals surface area contributed by atoms with E-state index in [9.17, 15) is 0 Å². The Morgan fingerprint density at radius 2 is 1.96 bits per heavy atom. The van der Waals surface area contributed by atoms with Gasteiger partial charge >= 0.3 is 0 Å². The maximum Gasteiger partial charge on any atom is 0.133 e. The second kappa shape index (κ2) is 6.73. The van der Waals surface area contributed by atoms with Gasteiger partial charge in [0.25, 0.3) is 0 Å². The number of anilines is 1. The third-order valence-electron chi connectivity index (χ3n) is 4.47. The van der Waals surface area contributed by atoms with E-state index in [1.165, 1.54) is 5.56 Å². The van der Waals surface area contributed by atoms with Gasteiger partial charge in [0.15, 0.2) is 0 Å². The zero-order valence-corrected chi connectivity index (χ0v) is 15.3. The van der Waals surface area contributed by atoms with Crippen molar-refractivity contribution in [3.63, 3.8) is 0 Å². The summed E-state index contributed by atoms with van der Waals surface area (Å²) >= 11 is 3.56.